The third-order valence-electron chi connectivity index (χ3n) is 4.00. The first-order chi connectivity index (χ1) is 12.2. The minimum absolute atomic E-state index is 0.0994. The van der Waals surface area contributed by atoms with E-state index in [2.05, 4.69) is 5.32 Å². The average Bonchev–Trinajstić information content (AvgIpc) is 3.05. The molecule has 0 bridgehead atoms. The number of methoxy groups -OCH3 is 1. The van der Waals surface area contributed by atoms with Crippen LogP contribution in [0.3, 0.4) is 0 Å². The van der Waals surface area contributed by atoms with Crippen LogP contribution in [-0.2, 0) is 9.47 Å². The maximum Gasteiger partial charge on any atom is 0.192 e. The summed E-state index contributed by atoms with van der Waals surface area (Å²) in [5.41, 5.74) is 1.70. The molecule has 2 aromatic carbocycles. The Labute approximate surface area is 146 Å². The highest BCUT2D eigenvalue weighted by atomic mass is 16.5. The topological polar surface area (TPSA) is 71.3 Å². The number of ketones is 1. The van der Waals surface area contributed by atoms with E-state index in [1.54, 1.807) is 31.4 Å². The molecule has 1 aliphatic heterocycles. The van der Waals surface area contributed by atoms with Crippen molar-refractivity contribution in [2.75, 3.05) is 13.7 Å². The number of carbonyl (C=O) groups is 1. The minimum atomic E-state index is -0.274. The van der Waals surface area contributed by atoms with Gasteiger partial charge in [0, 0.05) is 18.7 Å². The van der Waals surface area contributed by atoms with Crippen molar-refractivity contribution < 1.29 is 14.3 Å². The van der Waals surface area contributed by atoms with Gasteiger partial charge in [0.15, 0.2) is 11.7 Å². The SMILES string of the molecule is COC[C@@H]1N/C(=C\C(=O)c2ccccc2C#N)O[C@H]1c1ccccc1. The summed E-state index contributed by atoms with van der Waals surface area (Å²) >= 11 is 0. The smallest absolute Gasteiger partial charge is 0.192 e. The Morgan fingerprint density at radius 1 is 1.24 bits per heavy atom. The van der Waals surface area contributed by atoms with Crippen LogP contribution in [0.4, 0.5) is 0 Å². The Kier molecular flexibility index (Phi) is 5.12. The fourth-order valence-electron chi connectivity index (χ4n) is 2.83. The molecular formula is C20H18N2O3. The molecule has 25 heavy (non-hydrogen) atoms. The second-order valence-corrected chi connectivity index (χ2v) is 5.69. The van der Waals surface area contributed by atoms with Crippen molar-refractivity contribution in [2.45, 2.75) is 12.1 Å². The summed E-state index contributed by atoms with van der Waals surface area (Å²) in [5.74, 6) is 0.109. The van der Waals surface area contributed by atoms with Gasteiger partial charge in [-0.05, 0) is 17.7 Å². The lowest BCUT2D eigenvalue weighted by Crippen LogP contribution is -2.30. The van der Waals surface area contributed by atoms with Crippen LogP contribution in [0.1, 0.15) is 27.6 Å². The van der Waals surface area contributed by atoms with Gasteiger partial charge >= 0.3 is 0 Å². The lowest BCUT2D eigenvalue weighted by atomic mass is 10.0. The van der Waals surface area contributed by atoms with Gasteiger partial charge in [-0.3, -0.25) is 4.79 Å². The summed E-state index contributed by atoms with van der Waals surface area (Å²) in [7, 11) is 1.62. The van der Waals surface area contributed by atoms with Crippen molar-refractivity contribution in [1.29, 1.82) is 5.26 Å². The highest BCUT2D eigenvalue weighted by molar-refractivity contribution is 6.06. The number of nitriles is 1. The van der Waals surface area contributed by atoms with Gasteiger partial charge in [0.25, 0.3) is 0 Å². The van der Waals surface area contributed by atoms with Gasteiger partial charge in [-0.2, -0.15) is 5.26 Å². The predicted molar refractivity (Wildman–Crippen MR) is 92.6 cm³/mol. The third kappa shape index (κ3) is 3.70. The van der Waals surface area contributed by atoms with E-state index in [0.29, 0.717) is 23.6 Å². The van der Waals surface area contributed by atoms with Crippen molar-refractivity contribution in [1.82, 2.24) is 5.32 Å². The van der Waals surface area contributed by atoms with E-state index >= 15 is 0 Å². The molecule has 5 nitrogen and oxygen atoms in total. The zero-order valence-electron chi connectivity index (χ0n) is 13.8. The zero-order chi connectivity index (χ0) is 17.6. The van der Waals surface area contributed by atoms with Crippen LogP contribution >= 0.6 is 0 Å². The summed E-state index contributed by atoms with van der Waals surface area (Å²) in [6.07, 6.45) is 1.15. The van der Waals surface area contributed by atoms with Crippen molar-refractivity contribution in [3.05, 3.63) is 83.2 Å². The van der Waals surface area contributed by atoms with E-state index < -0.39 is 0 Å². The van der Waals surface area contributed by atoms with Crippen LogP contribution in [0.2, 0.25) is 0 Å². The second-order valence-electron chi connectivity index (χ2n) is 5.69. The van der Waals surface area contributed by atoms with Gasteiger partial charge in [-0.25, -0.2) is 0 Å². The fraction of sp³-hybridized carbons (Fsp3) is 0.200. The lowest BCUT2D eigenvalue weighted by molar-refractivity contribution is 0.100. The van der Waals surface area contributed by atoms with Crippen molar-refractivity contribution in [3.63, 3.8) is 0 Å². The van der Waals surface area contributed by atoms with Crippen molar-refractivity contribution in [2.24, 2.45) is 0 Å². The van der Waals surface area contributed by atoms with Crippen LogP contribution in [0.5, 0.6) is 0 Å². The highest BCUT2D eigenvalue weighted by Gasteiger charge is 2.33. The Morgan fingerprint density at radius 2 is 1.96 bits per heavy atom. The zero-order valence-corrected chi connectivity index (χ0v) is 13.8. The molecule has 3 rings (SSSR count). The van der Waals surface area contributed by atoms with Gasteiger partial charge in [0.05, 0.1) is 24.3 Å². The molecule has 126 valence electrons. The Morgan fingerprint density at radius 3 is 2.68 bits per heavy atom. The molecule has 1 heterocycles. The van der Waals surface area contributed by atoms with Gasteiger partial charge in [0.2, 0.25) is 0 Å². The monoisotopic (exact) mass is 334 g/mol. The maximum atomic E-state index is 12.5. The summed E-state index contributed by atoms with van der Waals surface area (Å²) in [4.78, 5) is 12.5. The third-order valence-corrected chi connectivity index (χ3v) is 4.00. The first-order valence-corrected chi connectivity index (χ1v) is 7.95. The Bertz CT molecular complexity index is 824. The number of hydrogen-bond acceptors (Lipinski definition) is 5. The molecule has 2 atom stereocenters. The standard InChI is InChI=1S/C20H18N2O3/c1-24-13-17-20(14-7-3-2-4-8-14)25-19(22-17)11-18(23)16-10-6-5-9-15(16)12-21/h2-11,17,20,22H,13H2,1H3/b19-11+/t17-,20-/m0/s1. The van der Waals surface area contributed by atoms with Crippen LogP contribution < -0.4 is 5.32 Å². The van der Waals surface area contributed by atoms with Crippen LogP contribution in [0, 0.1) is 11.3 Å². The molecule has 0 radical (unpaired) electrons. The lowest BCUT2D eigenvalue weighted by Gasteiger charge is -2.16. The Balaban J connectivity index is 1.84. The number of rotatable bonds is 5. The average molecular weight is 334 g/mol. The molecule has 1 aliphatic rings. The first-order valence-electron chi connectivity index (χ1n) is 7.95. The summed E-state index contributed by atoms with van der Waals surface area (Å²) in [5, 5.41) is 12.3. The molecule has 1 N–H and O–H groups in total. The number of ether oxygens (including phenoxy) is 2. The minimum Gasteiger partial charge on any atom is -0.469 e. The highest BCUT2D eigenvalue weighted by Crippen LogP contribution is 2.30. The van der Waals surface area contributed by atoms with Gasteiger partial charge in [-0.15, -0.1) is 0 Å². The molecule has 0 saturated carbocycles. The molecule has 0 amide bonds. The number of benzene rings is 2. The number of allylic oxidation sites excluding steroid dienone is 1. The van der Waals surface area contributed by atoms with Crippen LogP contribution in [-0.4, -0.2) is 25.5 Å². The molecule has 0 spiro atoms. The van der Waals surface area contributed by atoms with Gasteiger partial charge in [-0.1, -0.05) is 42.5 Å². The normalized spacial score (nSPS) is 20.6. The molecule has 5 heteroatoms. The fourth-order valence-corrected chi connectivity index (χ4v) is 2.83. The second kappa shape index (κ2) is 7.65. The summed E-state index contributed by atoms with van der Waals surface area (Å²) in [6.45, 7) is 0.444. The molecule has 1 saturated heterocycles. The van der Waals surface area contributed by atoms with E-state index in [9.17, 15) is 4.79 Å². The quantitative estimate of drug-likeness (QED) is 0.672. The summed E-state index contributed by atoms with van der Waals surface area (Å²) < 4.78 is 11.2. The van der Waals surface area contributed by atoms with E-state index in [4.69, 9.17) is 14.7 Å². The largest absolute Gasteiger partial charge is 0.469 e. The first kappa shape index (κ1) is 16.7. The number of hydrogen-bond donors (Lipinski definition) is 1. The molecule has 0 unspecified atom stereocenters. The predicted octanol–water partition coefficient (Wildman–Crippen LogP) is 2.96. The van der Waals surface area contributed by atoms with Crippen molar-refractivity contribution in [3.8, 4) is 6.07 Å². The summed E-state index contributed by atoms with van der Waals surface area (Å²) in [6, 6.07) is 18.4. The van der Waals surface area contributed by atoms with E-state index in [1.807, 2.05) is 36.4 Å². The van der Waals surface area contributed by atoms with Gasteiger partial charge < -0.3 is 14.8 Å². The van der Waals surface area contributed by atoms with E-state index in [1.165, 1.54) is 6.08 Å². The molecule has 0 aromatic heterocycles. The van der Waals surface area contributed by atoms with Crippen molar-refractivity contribution >= 4 is 5.78 Å². The molecule has 2 aromatic rings. The number of carbonyl (C=O) groups excluding carboxylic acids is 1. The molecule has 1 fully saturated rings. The molecule has 0 aliphatic carbocycles. The van der Waals surface area contributed by atoms with E-state index in [-0.39, 0.29) is 17.9 Å². The van der Waals surface area contributed by atoms with Crippen LogP contribution in [0.15, 0.2) is 66.6 Å². The molecular weight excluding hydrogens is 316 g/mol. The number of nitrogens with zero attached hydrogens (tertiary/aromatic N) is 1. The Hall–Kier alpha value is -3.10. The number of nitrogens with one attached hydrogen (secondary N) is 1. The maximum absolute atomic E-state index is 12.5. The van der Waals surface area contributed by atoms with Crippen LogP contribution in [0.25, 0.3) is 0 Å². The van der Waals surface area contributed by atoms with Gasteiger partial charge in [0.1, 0.15) is 6.10 Å². The van der Waals surface area contributed by atoms with E-state index in [0.717, 1.165) is 5.56 Å².